The Hall–Kier alpha value is -1.55. The Morgan fingerprint density at radius 2 is 2.18 bits per heavy atom. The first-order valence-corrected chi connectivity index (χ1v) is 5.81. The van der Waals surface area contributed by atoms with E-state index in [1.165, 1.54) is 0 Å². The molecule has 3 N–H and O–H groups in total. The zero-order valence-corrected chi connectivity index (χ0v) is 10.7. The summed E-state index contributed by atoms with van der Waals surface area (Å²) < 4.78 is 0. The van der Waals surface area contributed by atoms with Gasteiger partial charge in [0.1, 0.15) is 0 Å². The van der Waals surface area contributed by atoms with E-state index in [0.29, 0.717) is 18.2 Å². The maximum atomic E-state index is 11.7. The van der Waals surface area contributed by atoms with Crippen LogP contribution < -0.4 is 11.1 Å². The van der Waals surface area contributed by atoms with Gasteiger partial charge in [0.05, 0.1) is 6.54 Å². The smallest absolute Gasteiger partial charge is 0.238 e. The fourth-order valence-corrected chi connectivity index (χ4v) is 1.75. The van der Waals surface area contributed by atoms with E-state index in [1.54, 1.807) is 12.1 Å². The molecule has 4 heteroatoms. The third-order valence-electron chi connectivity index (χ3n) is 2.26. The standard InChI is InChI=1S/C13H21N3O/c1-10(2)8-16(3)9-13(17)15-12-6-4-5-11(14)7-12/h4-7,10H,8-9,14H2,1-3H3,(H,15,17). The summed E-state index contributed by atoms with van der Waals surface area (Å²) in [6.07, 6.45) is 0. The molecule has 0 aliphatic carbocycles. The lowest BCUT2D eigenvalue weighted by molar-refractivity contribution is -0.117. The largest absolute Gasteiger partial charge is 0.399 e. The van der Waals surface area contributed by atoms with Crippen LogP contribution in [0.2, 0.25) is 0 Å². The molecule has 0 spiro atoms. The summed E-state index contributed by atoms with van der Waals surface area (Å²) in [5.74, 6) is 0.541. The monoisotopic (exact) mass is 235 g/mol. The minimum absolute atomic E-state index is 0.0150. The second-order valence-corrected chi connectivity index (χ2v) is 4.76. The van der Waals surface area contributed by atoms with Crippen molar-refractivity contribution in [2.75, 3.05) is 31.2 Å². The molecule has 1 rings (SSSR count). The molecule has 0 fully saturated rings. The van der Waals surface area contributed by atoms with Gasteiger partial charge in [0.25, 0.3) is 0 Å². The highest BCUT2D eigenvalue weighted by Gasteiger charge is 2.08. The number of carbonyl (C=O) groups is 1. The minimum Gasteiger partial charge on any atom is -0.399 e. The van der Waals surface area contributed by atoms with Gasteiger partial charge in [0.15, 0.2) is 0 Å². The summed E-state index contributed by atoms with van der Waals surface area (Å²) in [4.78, 5) is 13.7. The number of likely N-dealkylation sites (N-methyl/N-ethyl adjacent to an activating group) is 1. The normalized spacial score (nSPS) is 10.9. The number of anilines is 2. The average molecular weight is 235 g/mol. The number of nitrogens with zero attached hydrogens (tertiary/aromatic N) is 1. The van der Waals surface area contributed by atoms with Crippen LogP contribution in [0.25, 0.3) is 0 Å². The van der Waals surface area contributed by atoms with Crippen molar-refractivity contribution in [2.24, 2.45) is 5.92 Å². The van der Waals surface area contributed by atoms with Crippen molar-refractivity contribution < 1.29 is 4.79 Å². The van der Waals surface area contributed by atoms with Gasteiger partial charge < -0.3 is 11.1 Å². The summed E-state index contributed by atoms with van der Waals surface area (Å²) in [6.45, 7) is 5.57. The van der Waals surface area contributed by atoms with Gasteiger partial charge in [0.2, 0.25) is 5.91 Å². The van der Waals surface area contributed by atoms with Crippen LogP contribution in [0.4, 0.5) is 11.4 Å². The molecule has 94 valence electrons. The molecular formula is C13H21N3O. The summed E-state index contributed by atoms with van der Waals surface area (Å²) in [5.41, 5.74) is 7.03. The maximum Gasteiger partial charge on any atom is 0.238 e. The highest BCUT2D eigenvalue weighted by Crippen LogP contribution is 2.11. The van der Waals surface area contributed by atoms with Gasteiger partial charge in [-0.3, -0.25) is 9.69 Å². The lowest BCUT2D eigenvalue weighted by atomic mass is 10.2. The van der Waals surface area contributed by atoms with Crippen LogP contribution >= 0.6 is 0 Å². The van der Waals surface area contributed by atoms with Crippen molar-refractivity contribution in [3.8, 4) is 0 Å². The predicted octanol–water partition coefficient (Wildman–Crippen LogP) is 1.80. The molecule has 1 aromatic carbocycles. The van der Waals surface area contributed by atoms with Crippen LogP contribution in [0.15, 0.2) is 24.3 Å². The van der Waals surface area contributed by atoms with E-state index in [-0.39, 0.29) is 5.91 Å². The number of benzene rings is 1. The fourth-order valence-electron chi connectivity index (χ4n) is 1.75. The second kappa shape index (κ2) is 6.25. The van der Waals surface area contributed by atoms with E-state index in [4.69, 9.17) is 5.73 Å². The lowest BCUT2D eigenvalue weighted by Gasteiger charge is -2.18. The average Bonchev–Trinajstić information content (AvgIpc) is 2.14. The van der Waals surface area contributed by atoms with E-state index < -0.39 is 0 Å². The topological polar surface area (TPSA) is 58.4 Å². The first-order valence-electron chi connectivity index (χ1n) is 5.81. The number of hydrogen-bond donors (Lipinski definition) is 2. The Kier molecular flexibility index (Phi) is 4.97. The van der Waals surface area contributed by atoms with Crippen molar-refractivity contribution in [1.82, 2.24) is 4.90 Å². The molecular weight excluding hydrogens is 214 g/mol. The summed E-state index contributed by atoms with van der Waals surface area (Å²) in [5, 5.41) is 2.83. The Balaban J connectivity index is 2.44. The molecule has 17 heavy (non-hydrogen) atoms. The fraction of sp³-hybridized carbons (Fsp3) is 0.462. The number of nitrogens with two attached hydrogens (primary N) is 1. The van der Waals surface area contributed by atoms with E-state index in [1.807, 2.05) is 24.1 Å². The Morgan fingerprint density at radius 1 is 1.47 bits per heavy atom. The predicted molar refractivity (Wildman–Crippen MR) is 71.8 cm³/mol. The van der Waals surface area contributed by atoms with Crippen molar-refractivity contribution in [3.05, 3.63) is 24.3 Å². The van der Waals surface area contributed by atoms with E-state index in [2.05, 4.69) is 19.2 Å². The molecule has 0 unspecified atom stereocenters. The molecule has 0 atom stereocenters. The number of amides is 1. The van der Waals surface area contributed by atoms with Crippen molar-refractivity contribution >= 4 is 17.3 Å². The van der Waals surface area contributed by atoms with Crippen LogP contribution in [0.5, 0.6) is 0 Å². The molecule has 0 heterocycles. The van der Waals surface area contributed by atoms with Crippen LogP contribution in [0.3, 0.4) is 0 Å². The van der Waals surface area contributed by atoms with Crippen LogP contribution in [0, 0.1) is 5.92 Å². The first-order chi connectivity index (χ1) is 7.97. The third-order valence-corrected chi connectivity index (χ3v) is 2.26. The Labute approximate surface area is 103 Å². The molecule has 1 amide bonds. The molecule has 0 aliphatic heterocycles. The third kappa shape index (κ3) is 5.36. The lowest BCUT2D eigenvalue weighted by Crippen LogP contribution is -2.32. The highest BCUT2D eigenvalue weighted by molar-refractivity contribution is 5.92. The first kappa shape index (κ1) is 13.5. The molecule has 4 nitrogen and oxygen atoms in total. The van der Waals surface area contributed by atoms with Crippen LogP contribution in [0.1, 0.15) is 13.8 Å². The van der Waals surface area contributed by atoms with Gasteiger partial charge >= 0.3 is 0 Å². The SMILES string of the molecule is CC(C)CN(C)CC(=O)Nc1cccc(N)c1. The van der Waals surface area contributed by atoms with Gasteiger partial charge in [-0.05, 0) is 31.2 Å². The van der Waals surface area contributed by atoms with Gasteiger partial charge in [-0.15, -0.1) is 0 Å². The minimum atomic E-state index is -0.0150. The maximum absolute atomic E-state index is 11.7. The molecule has 0 aliphatic rings. The van der Waals surface area contributed by atoms with Gasteiger partial charge in [-0.2, -0.15) is 0 Å². The molecule has 0 saturated heterocycles. The number of rotatable bonds is 5. The Morgan fingerprint density at radius 3 is 2.76 bits per heavy atom. The van der Waals surface area contributed by atoms with Crippen molar-refractivity contribution in [2.45, 2.75) is 13.8 Å². The second-order valence-electron chi connectivity index (χ2n) is 4.76. The van der Waals surface area contributed by atoms with E-state index in [0.717, 1.165) is 12.2 Å². The molecule has 0 bridgehead atoms. The molecule has 0 aromatic heterocycles. The summed E-state index contributed by atoms with van der Waals surface area (Å²) in [6, 6.07) is 7.19. The summed E-state index contributed by atoms with van der Waals surface area (Å²) >= 11 is 0. The Bertz CT molecular complexity index is 377. The zero-order chi connectivity index (χ0) is 12.8. The number of hydrogen-bond acceptors (Lipinski definition) is 3. The van der Waals surface area contributed by atoms with Crippen molar-refractivity contribution in [1.29, 1.82) is 0 Å². The van der Waals surface area contributed by atoms with Crippen LogP contribution in [-0.2, 0) is 4.79 Å². The van der Waals surface area contributed by atoms with Gasteiger partial charge in [-0.1, -0.05) is 19.9 Å². The van der Waals surface area contributed by atoms with Gasteiger partial charge in [-0.25, -0.2) is 0 Å². The molecule has 0 radical (unpaired) electrons. The number of nitrogen functional groups attached to an aromatic ring is 1. The van der Waals surface area contributed by atoms with Crippen molar-refractivity contribution in [3.63, 3.8) is 0 Å². The quantitative estimate of drug-likeness (QED) is 0.765. The zero-order valence-electron chi connectivity index (χ0n) is 10.7. The molecule has 0 saturated carbocycles. The highest BCUT2D eigenvalue weighted by atomic mass is 16.2. The van der Waals surface area contributed by atoms with Gasteiger partial charge in [0, 0.05) is 17.9 Å². The van der Waals surface area contributed by atoms with Crippen LogP contribution in [-0.4, -0.2) is 30.9 Å². The molecule has 1 aromatic rings. The number of carbonyl (C=O) groups excluding carboxylic acids is 1. The van der Waals surface area contributed by atoms with E-state index in [9.17, 15) is 4.79 Å². The number of nitrogens with one attached hydrogen (secondary N) is 1. The summed E-state index contributed by atoms with van der Waals surface area (Å²) in [7, 11) is 1.94. The van der Waals surface area contributed by atoms with E-state index >= 15 is 0 Å².